The molecule has 0 atom stereocenters. The molecule has 84 valence electrons. The minimum atomic E-state index is 0.821. The number of aryl methyl sites for hydroxylation is 1. The van der Waals surface area contributed by atoms with Crippen molar-refractivity contribution in [3.8, 4) is 0 Å². The maximum absolute atomic E-state index is 4.30. The van der Waals surface area contributed by atoms with E-state index in [1.807, 2.05) is 36.3 Å². The highest BCUT2D eigenvalue weighted by molar-refractivity contribution is 5.08. The molecular weight excluding hydrogens is 200 g/mol. The SMILES string of the molecule is Cn1ccc(CNCCc2cccnc2)n1. The van der Waals surface area contributed by atoms with E-state index in [-0.39, 0.29) is 0 Å². The molecule has 2 rings (SSSR count). The Bertz CT molecular complexity index is 422. The number of aromatic nitrogens is 3. The fourth-order valence-corrected chi connectivity index (χ4v) is 1.55. The van der Waals surface area contributed by atoms with Crippen molar-refractivity contribution in [1.29, 1.82) is 0 Å². The normalized spacial score (nSPS) is 10.6. The first-order chi connectivity index (χ1) is 7.84. The van der Waals surface area contributed by atoms with Gasteiger partial charge in [-0.1, -0.05) is 6.07 Å². The molecule has 0 aliphatic carbocycles. The highest BCUT2D eigenvalue weighted by Crippen LogP contribution is 1.96. The Morgan fingerprint density at radius 3 is 3.00 bits per heavy atom. The standard InChI is InChI=1S/C12H16N4/c1-16-8-5-12(15-16)10-14-7-4-11-3-2-6-13-9-11/h2-3,5-6,8-9,14H,4,7,10H2,1H3. The zero-order chi connectivity index (χ0) is 11.2. The van der Waals surface area contributed by atoms with E-state index in [9.17, 15) is 0 Å². The summed E-state index contributed by atoms with van der Waals surface area (Å²) in [6.45, 7) is 1.77. The number of hydrogen-bond acceptors (Lipinski definition) is 3. The highest BCUT2D eigenvalue weighted by atomic mass is 15.3. The van der Waals surface area contributed by atoms with Crippen LogP contribution in [-0.4, -0.2) is 21.3 Å². The van der Waals surface area contributed by atoms with Crippen LogP contribution in [0.5, 0.6) is 0 Å². The third-order valence-corrected chi connectivity index (χ3v) is 2.39. The Kier molecular flexibility index (Phi) is 3.66. The molecule has 0 saturated carbocycles. The molecule has 0 aromatic carbocycles. The second kappa shape index (κ2) is 5.42. The smallest absolute Gasteiger partial charge is 0.0762 e. The molecule has 0 saturated heterocycles. The zero-order valence-electron chi connectivity index (χ0n) is 9.43. The van der Waals surface area contributed by atoms with Crippen LogP contribution in [-0.2, 0) is 20.0 Å². The average molecular weight is 216 g/mol. The van der Waals surface area contributed by atoms with Crippen LogP contribution in [0.1, 0.15) is 11.3 Å². The Balaban J connectivity index is 1.69. The number of rotatable bonds is 5. The first kappa shape index (κ1) is 10.8. The first-order valence-corrected chi connectivity index (χ1v) is 5.43. The Hall–Kier alpha value is -1.68. The van der Waals surface area contributed by atoms with E-state index in [0.29, 0.717) is 0 Å². The Morgan fingerprint density at radius 1 is 1.38 bits per heavy atom. The van der Waals surface area contributed by atoms with Gasteiger partial charge in [-0.15, -0.1) is 0 Å². The maximum atomic E-state index is 4.30. The van der Waals surface area contributed by atoms with Crippen LogP contribution in [0.2, 0.25) is 0 Å². The van der Waals surface area contributed by atoms with Crippen molar-refractivity contribution < 1.29 is 0 Å². The van der Waals surface area contributed by atoms with Crippen molar-refractivity contribution in [2.75, 3.05) is 6.54 Å². The van der Waals surface area contributed by atoms with Crippen molar-refractivity contribution >= 4 is 0 Å². The number of nitrogens with one attached hydrogen (secondary N) is 1. The van der Waals surface area contributed by atoms with Gasteiger partial charge in [0, 0.05) is 32.2 Å². The minimum Gasteiger partial charge on any atom is -0.311 e. The summed E-state index contributed by atoms with van der Waals surface area (Å²) in [5.74, 6) is 0. The van der Waals surface area contributed by atoms with Gasteiger partial charge in [0.05, 0.1) is 5.69 Å². The number of pyridine rings is 1. The topological polar surface area (TPSA) is 42.7 Å². The molecule has 1 N–H and O–H groups in total. The Morgan fingerprint density at radius 2 is 2.31 bits per heavy atom. The fourth-order valence-electron chi connectivity index (χ4n) is 1.55. The van der Waals surface area contributed by atoms with Gasteiger partial charge in [0.15, 0.2) is 0 Å². The van der Waals surface area contributed by atoms with Gasteiger partial charge in [0.1, 0.15) is 0 Å². The number of nitrogens with zero attached hydrogens (tertiary/aromatic N) is 3. The lowest BCUT2D eigenvalue weighted by atomic mass is 10.2. The van der Waals surface area contributed by atoms with E-state index in [0.717, 1.165) is 25.2 Å². The molecule has 0 amide bonds. The van der Waals surface area contributed by atoms with Crippen molar-refractivity contribution in [3.05, 3.63) is 48.0 Å². The summed E-state index contributed by atoms with van der Waals surface area (Å²) in [6, 6.07) is 6.08. The second-order valence-electron chi connectivity index (χ2n) is 3.77. The molecule has 2 heterocycles. The summed E-state index contributed by atoms with van der Waals surface area (Å²) in [6.07, 6.45) is 6.66. The molecule has 0 aliphatic rings. The van der Waals surface area contributed by atoms with Crippen LogP contribution >= 0.6 is 0 Å². The summed E-state index contributed by atoms with van der Waals surface area (Å²) < 4.78 is 1.82. The second-order valence-corrected chi connectivity index (χ2v) is 3.77. The van der Waals surface area contributed by atoms with Gasteiger partial charge < -0.3 is 5.32 Å². The predicted molar refractivity (Wildman–Crippen MR) is 62.9 cm³/mol. The molecule has 4 heteroatoms. The highest BCUT2D eigenvalue weighted by Gasteiger charge is 1.96. The van der Waals surface area contributed by atoms with Crippen LogP contribution in [0.4, 0.5) is 0 Å². The largest absolute Gasteiger partial charge is 0.311 e. The summed E-state index contributed by atoms with van der Waals surface area (Å²) in [5.41, 5.74) is 2.34. The molecule has 16 heavy (non-hydrogen) atoms. The van der Waals surface area contributed by atoms with Gasteiger partial charge in [-0.3, -0.25) is 9.67 Å². The van der Waals surface area contributed by atoms with Gasteiger partial charge in [0.2, 0.25) is 0 Å². The van der Waals surface area contributed by atoms with Crippen molar-refractivity contribution in [2.45, 2.75) is 13.0 Å². The molecule has 0 bridgehead atoms. The molecule has 0 fully saturated rings. The van der Waals surface area contributed by atoms with Crippen LogP contribution < -0.4 is 5.32 Å². The molecule has 0 unspecified atom stereocenters. The molecule has 0 spiro atoms. The third kappa shape index (κ3) is 3.17. The van der Waals surface area contributed by atoms with E-state index in [1.165, 1.54) is 5.56 Å². The van der Waals surface area contributed by atoms with Gasteiger partial charge >= 0.3 is 0 Å². The first-order valence-electron chi connectivity index (χ1n) is 5.43. The lowest BCUT2D eigenvalue weighted by Crippen LogP contribution is -2.17. The summed E-state index contributed by atoms with van der Waals surface area (Å²) in [5, 5.41) is 7.66. The van der Waals surface area contributed by atoms with Gasteiger partial charge in [0.25, 0.3) is 0 Å². The molecule has 2 aromatic heterocycles. The lowest BCUT2D eigenvalue weighted by Gasteiger charge is -2.02. The van der Waals surface area contributed by atoms with E-state index >= 15 is 0 Å². The molecular formula is C12H16N4. The third-order valence-electron chi connectivity index (χ3n) is 2.39. The van der Waals surface area contributed by atoms with E-state index in [1.54, 1.807) is 6.20 Å². The van der Waals surface area contributed by atoms with Crippen LogP contribution in [0, 0.1) is 0 Å². The van der Waals surface area contributed by atoms with Gasteiger partial charge in [-0.2, -0.15) is 5.10 Å². The van der Waals surface area contributed by atoms with E-state index < -0.39 is 0 Å². The summed E-state index contributed by atoms with van der Waals surface area (Å²) in [4.78, 5) is 4.08. The molecule has 2 aromatic rings. The van der Waals surface area contributed by atoms with E-state index in [4.69, 9.17) is 0 Å². The predicted octanol–water partition coefficient (Wildman–Crippen LogP) is 1.15. The fraction of sp³-hybridized carbons (Fsp3) is 0.333. The van der Waals surface area contributed by atoms with E-state index in [2.05, 4.69) is 21.5 Å². The monoisotopic (exact) mass is 216 g/mol. The number of hydrogen-bond donors (Lipinski definition) is 1. The summed E-state index contributed by atoms with van der Waals surface area (Å²) in [7, 11) is 1.93. The molecule has 0 radical (unpaired) electrons. The van der Waals surface area contributed by atoms with Gasteiger partial charge in [-0.25, -0.2) is 0 Å². The molecule has 0 aliphatic heterocycles. The molecule has 4 nitrogen and oxygen atoms in total. The van der Waals surface area contributed by atoms with Gasteiger partial charge in [-0.05, 0) is 30.7 Å². The van der Waals surface area contributed by atoms with Crippen LogP contribution in [0.15, 0.2) is 36.8 Å². The van der Waals surface area contributed by atoms with Crippen molar-refractivity contribution in [1.82, 2.24) is 20.1 Å². The minimum absolute atomic E-state index is 0.821. The zero-order valence-corrected chi connectivity index (χ0v) is 9.43. The maximum Gasteiger partial charge on any atom is 0.0762 e. The van der Waals surface area contributed by atoms with Crippen LogP contribution in [0.3, 0.4) is 0 Å². The van der Waals surface area contributed by atoms with Crippen LogP contribution in [0.25, 0.3) is 0 Å². The quantitative estimate of drug-likeness (QED) is 0.762. The lowest BCUT2D eigenvalue weighted by molar-refractivity contribution is 0.653. The van der Waals surface area contributed by atoms with Crippen molar-refractivity contribution in [2.24, 2.45) is 7.05 Å². The summed E-state index contributed by atoms with van der Waals surface area (Å²) >= 11 is 0. The average Bonchev–Trinajstić information content (AvgIpc) is 2.72. The van der Waals surface area contributed by atoms with Crippen molar-refractivity contribution in [3.63, 3.8) is 0 Å². The Labute approximate surface area is 95.3 Å².